The Bertz CT molecular complexity index is 907. The van der Waals surface area contributed by atoms with Gasteiger partial charge in [0.1, 0.15) is 0 Å². The van der Waals surface area contributed by atoms with Crippen LogP contribution in [0.5, 0.6) is 11.5 Å². The zero-order chi connectivity index (χ0) is 19.5. The fourth-order valence-corrected chi connectivity index (χ4v) is 3.61. The lowest BCUT2D eigenvalue weighted by Gasteiger charge is -2.20. The fourth-order valence-electron chi connectivity index (χ4n) is 3.61. The second-order valence-electron chi connectivity index (χ2n) is 7.15. The lowest BCUT2D eigenvalue weighted by atomic mass is 9.88. The van der Waals surface area contributed by atoms with Crippen molar-refractivity contribution in [2.24, 2.45) is 5.92 Å². The third-order valence-electron chi connectivity index (χ3n) is 5.16. The van der Waals surface area contributed by atoms with Crippen LogP contribution in [0.25, 0.3) is 0 Å². The summed E-state index contributed by atoms with van der Waals surface area (Å²) in [5, 5.41) is 5.72. The number of nitrogen functional groups attached to an aromatic ring is 1. The van der Waals surface area contributed by atoms with Crippen LogP contribution in [0.3, 0.4) is 0 Å². The van der Waals surface area contributed by atoms with Gasteiger partial charge in [-0.25, -0.2) is 0 Å². The molecule has 1 aliphatic carbocycles. The van der Waals surface area contributed by atoms with Gasteiger partial charge >= 0.3 is 0 Å². The second-order valence-corrected chi connectivity index (χ2v) is 7.15. The standard InChI is InChI=1S/C21H23N3O4/c22-16-10-18-19(28-12-27-18)11-17(16)24-21(26)14-7-4-8-15(9-14)23-20(25)13-5-2-1-3-6-13/h4,7-11,13H,1-3,5-6,12,22H2,(H,23,25)(H,24,26). The monoisotopic (exact) mass is 381 g/mol. The highest BCUT2D eigenvalue weighted by atomic mass is 16.7. The largest absolute Gasteiger partial charge is 0.454 e. The average Bonchev–Trinajstić information content (AvgIpc) is 3.16. The van der Waals surface area contributed by atoms with Crippen molar-refractivity contribution >= 4 is 28.9 Å². The van der Waals surface area contributed by atoms with Gasteiger partial charge < -0.3 is 25.8 Å². The van der Waals surface area contributed by atoms with Gasteiger partial charge in [-0.2, -0.15) is 0 Å². The Hall–Kier alpha value is -3.22. The molecular weight excluding hydrogens is 358 g/mol. The number of benzene rings is 2. The first-order valence-corrected chi connectivity index (χ1v) is 9.51. The van der Waals surface area contributed by atoms with Crippen LogP contribution in [0.4, 0.5) is 17.1 Å². The lowest BCUT2D eigenvalue weighted by molar-refractivity contribution is -0.120. The molecule has 0 spiro atoms. The number of rotatable bonds is 4. The molecular formula is C21H23N3O4. The molecule has 7 heteroatoms. The van der Waals surface area contributed by atoms with E-state index in [1.807, 2.05) is 0 Å². The van der Waals surface area contributed by atoms with Gasteiger partial charge in [0.2, 0.25) is 12.7 Å². The van der Waals surface area contributed by atoms with Crippen molar-refractivity contribution in [3.05, 3.63) is 42.0 Å². The number of amides is 2. The number of nitrogens with two attached hydrogens (primary N) is 1. The molecule has 0 radical (unpaired) electrons. The van der Waals surface area contributed by atoms with Crippen LogP contribution in [0.15, 0.2) is 36.4 Å². The van der Waals surface area contributed by atoms with E-state index in [0.717, 1.165) is 25.7 Å². The first kappa shape index (κ1) is 18.2. The molecule has 7 nitrogen and oxygen atoms in total. The van der Waals surface area contributed by atoms with Crippen molar-refractivity contribution in [3.8, 4) is 11.5 Å². The minimum Gasteiger partial charge on any atom is -0.454 e. The molecule has 1 saturated carbocycles. The normalized spacial score (nSPS) is 15.9. The van der Waals surface area contributed by atoms with E-state index in [1.165, 1.54) is 6.42 Å². The van der Waals surface area contributed by atoms with Crippen LogP contribution in [0, 0.1) is 5.92 Å². The van der Waals surface area contributed by atoms with Gasteiger partial charge in [-0.05, 0) is 31.0 Å². The highest BCUT2D eigenvalue weighted by Gasteiger charge is 2.21. The summed E-state index contributed by atoms with van der Waals surface area (Å²) >= 11 is 0. The molecule has 2 aromatic carbocycles. The maximum atomic E-state index is 12.7. The summed E-state index contributed by atoms with van der Waals surface area (Å²) in [6.45, 7) is 0.134. The molecule has 2 aromatic rings. The van der Waals surface area contributed by atoms with Gasteiger partial charge in [-0.3, -0.25) is 9.59 Å². The minimum absolute atomic E-state index is 0.0253. The number of carbonyl (C=O) groups excluding carboxylic acids is 2. The van der Waals surface area contributed by atoms with E-state index in [0.29, 0.717) is 34.1 Å². The van der Waals surface area contributed by atoms with Crippen molar-refractivity contribution in [2.45, 2.75) is 32.1 Å². The summed E-state index contributed by atoms with van der Waals surface area (Å²) in [6, 6.07) is 10.2. The summed E-state index contributed by atoms with van der Waals surface area (Å²) in [5.74, 6) is 0.859. The van der Waals surface area contributed by atoms with Crippen LogP contribution in [0.2, 0.25) is 0 Å². The number of hydrogen-bond donors (Lipinski definition) is 3. The summed E-state index contributed by atoms with van der Waals surface area (Å²) in [7, 11) is 0. The minimum atomic E-state index is -0.320. The second kappa shape index (κ2) is 7.80. The number of fused-ring (bicyclic) bond motifs is 1. The Morgan fingerprint density at radius 2 is 1.71 bits per heavy atom. The first-order valence-electron chi connectivity index (χ1n) is 9.51. The highest BCUT2D eigenvalue weighted by molar-refractivity contribution is 6.07. The zero-order valence-electron chi connectivity index (χ0n) is 15.5. The van der Waals surface area contributed by atoms with E-state index in [4.69, 9.17) is 15.2 Å². The van der Waals surface area contributed by atoms with Crippen LogP contribution in [0.1, 0.15) is 42.5 Å². The molecule has 146 valence electrons. The molecule has 2 amide bonds. The number of carbonyl (C=O) groups is 2. The van der Waals surface area contributed by atoms with Crippen LogP contribution < -0.4 is 25.8 Å². The SMILES string of the molecule is Nc1cc2c(cc1NC(=O)c1cccc(NC(=O)C3CCCCC3)c1)OCO2. The maximum Gasteiger partial charge on any atom is 0.255 e. The first-order chi connectivity index (χ1) is 13.6. The number of hydrogen-bond acceptors (Lipinski definition) is 5. The molecule has 0 atom stereocenters. The Labute approximate surface area is 163 Å². The predicted molar refractivity (Wildman–Crippen MR) is 107 cm³/mol. The van der Waals surface area contributed by atoms with Gasteiger partial charge in [0, 0.05) is 29.3 Å². The quantitative estimate of drug-likeness (QED) is 0.700. The van der Waals surface area contributed by atoms with E-state index in [1.54, 1.807) is 36.4 Å². The van der Waals surface area contributed by atoms with Crippen LogP contribution in [-0.2, 0) is 4.79 Å². The molecule has 0 unspecified atom stereocenters. The molecule has 1 heterocycles. The number of anilines is 3. The molecule has 0 bridgehead atoms. The van der Waals surface area contributed by atoms with E-state index in [2.05, 4.69) is 10.6 Å². The topological polar surface area (TPSA) is 103 Å². The van der Waals surface area contributed by atoms with Gasteiger partial charge in [-0.1, -0.05) is 25.3 Å². The summed E-state index contributed by atoms with van der Waals surface area (Å²) in [4.78, 5) is 25.1. The molecule has 0 saturated heterocycles. The molecule has 0 aromatic heterocycles. The summed E-state index contributed by atoms with van der Waals surface area (Å²) in [5.41, 5.74) is 7.87. The number of ether oxygens (including phenoxy) is 2. The number of nitrogens with one attached hydrogen (secondary N) is 2. The predicted octanol–water partition coefficient (Wildman–Crippen LogP) is 3.77. The van der Waals surface area contributed by atoms with Gasteiger partial charge in [0.25, 0.3) is 5.91 Å². The third-order valence-corrected chi connectivity index (χ3v) is 5.16. The van der Waals surface area contributed by atoms with Gasteiger partial charge in [0.15, 0.2) is 11.5 Å². The third kappa shape index (κ3) is 3.88. The average molecular weight is 381 g/mol. The Morgan fingerprint density at radius 3 is 2.50 bits per heavy atom. The van der Waals surface area contributed by atoms with Crippen molar-refractivity contribution < 1.29 is 19.1 Å². The van der Waals surface area contributed by atoms with E-state index in [9.17, 15) is 9.59 Å². The Morgan fingerprint density at radius 1 is 0.964 bits per heavy atom. The van der Waals surface area contributed by atoms with Crippen molar-refractivity contribution in [3.63, 3.8) is 0 Å². The smallest absolute Gasteiger partial charge is 0.255 e. The van der Waals surface area contributed by atoms with E-state index < -0.39 is 0 Å². The molecule has 4 rings (SSSR count). The highest BCUT2D eigenvalue weighted by Crippen LogP contribution is 2.38. The summed E-state index contributed by atoms with van der Waals surface area (Å²) in [6.07, 6.45) is 5.24. The maximum absolute atomic E-state index is 12.7. The fraction of sp³-hybridized carbons (Fsp3) is 0.333. The van der Waals surface area contributed by atoms with Crippen molar-refractivity contribution in [2.75, 3.05) is 23.2 Å². The Kier molecular flexibility index (Phi) is 5.06. The Balaban J connectivity index is 1.45. The van der Waals surface area contributed by atoms with E-state index in [-0.39, 0.29) is 24.5 Å². The molecule has 4 N–H and O–H groups in total. The molecule has 1 aliphatic heterocycles. The lowest BCUT2D eigenvalue weighted by Crippen LogP contribution is -2.24. The molecule has 2 aliphatic rings. The molecule has 28 heavy (non-hydrogen) atoms. The summed E-state index contributed by atoms with van der Waals surface area (Å²) < 4.78 is 10.6. The van der Waals surface area contributed by atoms with Gasteiger partial charge in [-0.15, -0.1) is 0 Å². The zero-order valence-corrected chi connectivity index (χ0v) is 15.5. The van der Waals surface area contributed by atoms with E-state index >= 15 is 0 Å². The molecule has 1 fully saturated rings. The van der Waals surface area contributed by atoms with Crippen LogP contribution >= 0.6 is 0 Å². The van der Waals surface area contributed by atoms with Crippen molar-refractivity contribution in [1.82, 2.24) is 0 Å². The van der Waals surface area contributed by atoms with Gasteiger partial charge in [0.05, 0.1) is 11.4 Å². The van der Waals surface area contributed by atoms with Crippen LogP contribution in [-0.4, -0.2) is 18.6 Å². The van der Waals surface area contributed by atoms with Crippen molar-refractivity contribution in [1.29, 1.82) is 0 Å².